The summed E-state index contributed by atoms with van der Waals surface area (Å²) in [7, 11) is 0. The molecule has 2 aliphatic heterocycles. The molecule has 100 valence electrons. The van der Waals surface area contributed by atoms with Gasteiger partial charge < -0.3 is 5.32 Å². The first-order chi connectivity index (χ1) is 8.15. The first kappa shape index (κ1) is 13.4. The molecule has 2 heterocycles. The van der Waals surface area contributed by atoms with Gasteiger partial charge in [0.25, 0.3) is 0 Å². The first-order valence-corrected chi connectivity index (χ1v) is 7.60. The van der Waals surface area contributed by atoms with Gasteiger partial charge >= 0.3 is 0 Å². The topological polar surface area (TPSA) is 15.3 Å². The number of hydrogen-bond donors (Lipinski definition) is 1. The van der Waals surface area contributed by atoms with E-state index in [0.29, 0.717) is 5.41 Å². The minimum atomic E-state index is 0.559. The van der Waals surface area contributed by atoms with Gasteiger partial charge in [0, 0.05) is 25.7 Å². The van der Waals surface area contributed by atoms with Gasteiger partial charge in [0.15, 0.2) is 0 Å². The molecule has 0 amide bonds. The Bertz CT molecular complexity index is 233. The zero-order valence-electron chi connectivity index (χ0n) is 12.0. The summed E-state index contributed by atoms with van der Waals surface area (Å²) in [6, 6.07) is 0.802. The Balaban J connectivity index is 1.96. The van der Waals surface area contributed by atoms with Crippen molar-refractivity contribution in [1.82, 2.24) is 10.2 Å². The van der Waals surface area contributed by atoms with Gasteiger partial charge in [0.05, 0.1) is 0 Å². The van der Waals surface area contributed by atoms with Gasteiger partial charge in [0.1, 0.15) is 0 Å². The van der Waals surface area contributed by atoms with Crippen LogP contribution in [-0.2, 0) is 0 Å². The molecule has 0 aromatic rings. The number of nitrogens with zero attached hydrogens (tertiary/aromatic N) is 1. The van der Waals surface area contributed by atoms with E-state index in [1.165, 1.54) is 58.3 Å². The largest absolute Gasteiger partial charge is 0.316 e. The van der Waals surface area contributed by atoms with Crippen molar-refractivity contribution in [2.75, 3.05) is 26.2 Å². The summed E-state index contributed by atoms with van der Waals surface area (Å²) in [5.41, 5.74) is 0.559. The van der Waals surface area contributed by atoms with Crippen LogP contribution in [0.2, 0.25) is 0 Å². The van der Waals surface area contributed by atoms with Crippen molar-refractivity contribution < 1.29 is 0 Å². The van der Waals surface area contributed by atoms with Crippen LogP contribution in [0.1, 0.15) is 52.9 Å². The first-order valence-electron chi connectivity index (χ1n) is 7.60. The van der Waals surface area contributed by atoms with Crippen LogP contribution in [-0.4, -0.2) is 37.1 Å². The van der Waals surface area contributed by atoms with Crippen LogP contribution in [0.4, 0.5) is 0 Å². The average molecular weight is 238 g/mol. The Morgan fingerprint density at radius 3 is 2.76 bits per heavy atom. The lowest BCUT2D eigenvalue weighted by Gasteiger charge is -2.45. The van der Waals surface area contributed by atoms with Gasteiger partial charge in [-0.25, -0.2) is 0 Å². The maximum Gasteiger partial charge on any atom is 0.00673 e. The summed E-state index contributed by atoms with van der Waals surface area (Å²) >= 11 is 0. The predicted molar refractivity (Wildman–Crippen MR) is 74.3 cm³/mol. The molecule has 0 aliphatic carbocycles. The minimum absolute atomic E-state index is 0.559. The molecule has 0 bridgehead atoms. The van der Waals surface area contributed by atoms with Crippen molar-refractivity contribution >= 4 is 0 Å². The Morgan fingerprint density at radius 1 is 1.29 bits per heavy atom. The molecule has 17 heavy (non-hydrogen) atoms. The van der Waals surface area contributed by atoms with Crippen molar-refractivity contribution in [1.29, 1.82) is 0 Å². The van der Waals surface area contributed by atoms with Crippen LogP contribution in [0, 0.1) is 11.3 Å². The molecule has 3 atom stereocenters. The van der Waals surface area contributed by atoms with Crippen LogP contribution >= 0.6 is 0 Å². The van der Waals surface area contributed by atoms with Crippen molar-refractivity contribution in [2.24, 2.45) is 11.3 Å². The molecule has 0 spiro atoms. The Kier molecular flexibility index (Phi) is 4.48. The van der Waals surface area contributed by atoms with Gasteiger partial charge in [-0.2, -0.15) is 0 Å². The number of hydrogen-bond acceptors (Lipinski definition) is 2. The van der Waals surface area contributed by atoms with E-state index in [9.17, 15) is 0 Å². The monoisotopic (exact) mass is 238 g/mol. The summed E-state index contributed by atoms with van der Waals surface area (Å²) in [6.45, 7) is 12.3. The fourth-order valence-electron chi connectivity index (χ4n) is 3.61. The molecule has 0 aromatic heterocycles. The Morgan fingerprint density at radius 2 is 2.12 bits per heavy atom. The highest BCUT2D eigenvalue weighted by Crippen LogP contribution is 2.33. The lowest BCUT2D eigenvalue weighted by atomic mass is 9.77. The molecule has 1 N–H and O–H groups in total. The third-order valence-corrected chi connectivity index (χ3v) is 5.10. The highest BCUT2D eigenvalue weighted by atomic mass is 15.2. The Labute approximate surface area is 107 Å². The molecule has 2 fully saturated rings. The van der Waals surface area contributed by atoms with E-state index in [0.717, 1.165) is 12.0 Å². The molecule has 3 unspecified atom stereocenters. The van der Waals surface area contributed by atoms with E-state index < -0.39 is 0 Å². The van der Waals surface area contributed by atoms with Crippen molar-refractivity contribution in [3.8, 4) is 0 Å². The Hall–Kier alpha value is -0.0800. The smallest absolute Gasteiger partial charge is 0.00673 e. The van der Waals surface area contributed by atoms with Crippen LogP contribution in [0.5, 0.6) is 0 Å². The van der Waals surface area contributed by atoms with Gasteiger partial charge in [-0.3, -0.25) is 4.90 Å². The van der Waals surface area contributed by atoms with E-state index in [-0.39, 0.29) is 0 Å². The molecule has 2 rings (SSSR count). The molecular formula is C15H30N2. The molecule has 0 radical (unpaired) electrons. The van der Waals surface area contributed by atoms with E-state index in [1.807, 2.05) is 0 Å². The SMILES string of the molecule is CCC1(CN2CC(C)CCC2C)CCCNC1. The van der Waals surface area contributed by atoms with Crippen molar-refractivity contribution in [2.45, 2.75) is 58.9 Å². The standard InChI is InChI=1S/C15H30N2/c1-4-15(8-5-9-16-11-15)12-17-10-13(2)6-7-14(17)3/h13-14,16H,4-12H2,1-3H3. The maximum absolute atomic E-state index is 3.62. The van der Waals surface area contributed by atoms with Crippen LogP contribution in [0.15, 0.2) is 0 Å². The minimum Gasteiger partial charge on any atom is -0.316 e. The summed E-state index contributed by atoms with van der Waals surface area (Å²) < 4.78 is 0. The van der Waals surface area contributed by atoms with Crippen LogP contribution < -0.4 is 5.32 Å². The lowest BCUT2D eigenvalue weighted by molar-refractivity contribution is 0.0499. The molecule has 0 saturated carbocycles. The second-order valence-electron chi connectivity index (χ2n) is 6.59. The number of nitrogens with one attached hydrogen (secondary N) is 1. The van der Waals surface area contributed by atoms with Crippen LogP contribution in [0.25, 0.3) is 0 Å². The quantitative estimate of drug-likeness (QED) is 0.813. The number of likely N-dealkylation sites (tertiary alicyclic amines) is 1. The van der Waals surface area contributed by atoms with Crippen molar-refractivity contribution in [3.05, 3.63) is 0 Å². The molecule has 2 nitrogen and oxygen atoms in total. The van der Waals surface area contributed by atoms with Crippen molar-refractivity contribution in [3.63, 3.8) is 0 Å². The summed E-state index contributed by atoms with van der Waals surface area (Å²) in [6.07, 6.45) is 6.95. The van der Waals surface area contributed by atoms with Gasteiger partial charge in [0.2, 0.25) is 0 Å². The third kappa shape index (κ3) is 3.23. The molecular weight excluding hydrogens is 208 g/mol. The fraction of sp³-hybridized carbons (Fsp3) is 1.00. The normalized spacial score (nSPS) is 40.4. The van der Waals surface area contributed by atoms with Gasteiger partial charge in [-0.1, -0.05) is 13.8 Å². The predicted octanol–water partition coefficient (Wildman–Crippen LogP) is 2.89. The third-order valence-electron chi connectivity index (χ3n) is 5.10. The molecule has 2 heteroatoms. The summed E-state index contributed by atoms with van der Waals surface area (Å²) in [5.74, 6) is 0.900. The van der Waals surface area contributed by atoms with Gasteiger partial charge in [-0.05, 0) is 56.9 Å². The molecule has 2 aliphatic rings. The van der Waals surface area contributed by atoms with Crippen LogP contribution in [0.3, 0.4) is 0 Å². The lowest BCUT2D eigenvalue weighted by Crippen LogP contribution is -2.51. The average Bonchev–Trinajstić information content (AvgIpc) is 2.35. The second kappa shape index (κ2) is 5.71. The zero-order chi connectivity index (χ0) is 12.3. The second-order valence-corrected chi connectivity index (χ2v) is 6.59. The highest BCUT2D eigenvalue weighted by molar-refractivity contribution is 4.90. The molecule has 2 saturated heterocycles. The van der Waals surface area contributed by atoms with E-state index in [4.69, 9.17) is 0 Å². The highest BCUT2D eigenvalue weighted by Gasteiger charge is 2.35. The molecule has 0 aromatic carbocycles. The van der Waals surface area contributed by atoms with E-state index in [2.05, 4.69) is 31.0 Å². The van der Waals surface area contributed by atoms with Gasteiger partial charge in [-0.15, -0.1) is 0 Å². The summed E-state index contributed by atoms with van der Waals surface area (Å²) in [5, 5.41) is 3.62. The number of rotatable bonds is 3. The van der Waals surface area contributed by atoms with E-state index >= 15 is 0 Å². The maximum atomic E-state index is 3.62. The zero-order valence-corrected chi connectivity index (χ0v) is 12.0. The van der Waals surface area contributed by atoms with E-state index in [1.54, 1.807) is 0 Å². The fourth-order valence-corrected chi connectivity index (χ4v) is 3.61. The summed E-state index contributed by atoms with van der Waals surface area (Å²) in [4.78, 5) is 2.77. The number of piperidine rings is 2.